The maximum atomic E-state index is 11.8. The van der Waals surface area contributed by atoms with E-state index in [9.17, 15) is 9.59 Å². The monoisotopic (exact) mass is 260 g/mol. The van der Waals surface area contributed by atoms with Crippen LogP contribution in [-0.2, 0) is 9.59 Å². The van der Waals surface area contributed by atoms with Gasteiger partial charge in [0.15, 0.2) is 0 Å². The zero-order valence-corrected chi connectivity index (χ0v) is 11.6. The number of para-hydroxylation sites is 1. The Kier molecular flexibility index (Phi) is 3.88. The maximum Gasteiger partial charge on any atom is 0.243 e. The predicted octanol–water partition coefficient (Wildman–Crippen LogP) is 2.01. The quantitative estimate of drug-likeness (QED) is 0.870. The van der Waals surface area contributed by atoms with Gasteiger partial charge in [0.25, 0.3) is 0 Å². The van der Waals surface area contributed by atoms with Gasteiger partial charge in [0.05, 0.1) is 6.54 Å². The van der Waals surface area contributed by atoms with E-state index >= 15 is 0 Å². The Balaban J connectivity index is 1.86. The lowest BCUT2D eigenvalue weighted by Gasteiger charge is -2.11. The predicted molar refractivity (Wildman–Crippen MR) is 74.8 cm³/mol. The second kappa shape index (κ2) is 5.43. The highest BCUT2D eigenvalue weighted by Gasteiger charge is 2.38. The summed E-state index contributed by atoms with van der Waals surface area (Å²) in [6.45, 7) is 5.98. The third-order valence-corrected chi connectivity index (χ3v) is 3.61. The molecule has 102 valence electrons. The highest BCUT2D eigenvalue weighted by atomic mass is 16.2. The van der Waals surface area contributed by atoms with E-state index in [0.29, 0.717) is 5.92 Å². The van der Waals surface area contributed by atoms with E-state index in [0.717, 1.165) is 23.2 Å². The van der Waals surface area contributed by atoms with Crippen molar-refractivity contribution < 1.29 is 9.59 Å². The summed E-state index contributed by atoms with van der Waals surface area (Å²) in [6, 6.07) is 5.86. The molecule has 0 radical (unpaired) electrons. The van der Waals surface area contributed by atoms with Gasteiger partial charge in [-0.2, -0.15) is 0 Å². The fraction of sp³-hybridized carbons (Fsp3) is 0.467. The normalized spacial score (nSPS) is 20.8. The second-order valence-electron chi connectivity index (χ2n) is 5.35. The van der Waals surface area contributed by atoms with Gasteiger partial charge in [-0.15, -0.1) is 0 Å². The molecule has 0 heterocycles. The summed E-state index contributed by atoms with van der Waals surface area (Å²) >= 11 is 0. The van der Waals surface area contributed by atoms with E-state index in [2.05, 4.69) is 10.6 Å². The third kappa shape index (κ3) is 3.34. The Morgan fingerprint density at radius 2 is 1.84 bits per heavy atom. The number of benzene rings is 1. The van der Waals surface area contributed by atoms with Gasteiger partial charge in [-0.05, 0) is 37.3 Å². The van der Waals surface area contributed by atoms with Crippen molar-refractivity contribution in [2.45, 2.75) is 27.2 Å². The molecule has 0 spiro atoms. The molecule has 2 amide bonds. The number of carbonyl (C=O) groups excluding carboxylic acids is 2. The first kappa shape index (κ1) is 13.6. The summed E-state index contributed by atoms with van der Waals surface area (Å²) in [7, 11) is 0. The summed E-state index contributed by atoms with van der Waals surface area (Å²) in [5, 5.41) is 5.53. The Morgan fingerprint density at radius 3 is 2.37 bits per heavy atom. The lowest BCUT2D eigenvalue weighted by molar-refractivity contribution is -0.125. The molecular weight excluding hydrogens is 240 g/mol. The molecule has 1 fully saturated rings. The standard InChI is InChI=1S/C15H20N2O2/c1-9-5-4-6-10(2)14(9)17-13(18)8-16-15(19)12-7-11(12)3/h4-6,11-12H,7-8H2,1-3H3,(H,16,19)(H,17,18). The minimum absolute atomic E-state index is 0.0100. The van der Waals surface area contributed by atoms with Crippen LogP contribution < -0.4 is 10.6 Å². The molecule has 1 aliphatic carbocycles. The highest BCUT2D eigenvalue weighted by molar-refractivity contribution is 5.96. The van der Waals surface area contributed by atoms with E-state index in [1.165, 1.54) is 0 Å². The Morgan fingerprint density at radius 1 is 1.26 bits per heavy atom. The van der Waals surface area contributed by atoms with Crippen molar-refractivity contribution in [2.24, 2.45) is 11.8 Å². The molecule has 0 saturated heterocycles. The molecule has 2 atom stereocenters. The van der Waals surface area contributed by atoms with Crippen LogP contribution in [0.5, 0.6) is 0 Å². The number of anilines is 1. The first-order valence-electron chi connectivity index (χ1n) is 6.63. The first-order chi connectivity index (χ1) is 8.99. The van der Waals surface area contributed by atoms with Gasteiger partial charge in [-0.3, -0.25) is 9.59 Å². The zero-order valence-electron chi connectivity index (χ0n) is 11.6. The van der Waals surface area contributed by atoms with E-state index in [-0.39, 0.29) is 24.3 Å². The number of hydrogen-bond acceptors (Lipinski definition) is 2. The average Bonchev–Trinajstić information content (AvgIpc) is 3.08. The van der Waals surface area contributed by atoms with Crippen LogP contribution in [0.4, 0.5) is 5.69 Å². The number of carbonyl (C=O) groups is 2. The summed E-state index contributed by atoms with van der Waals surface area (Å²) < 4.78 is 0. The summed E-state index contributed by atoms with van der Waals surface area (Å²) in [4.78, 5) is 23.4. The molecule has 1 aromatic carbocycles. The minimum atomic E-state index is -0.181. The van der Waals surface area contributed by atoms with Crippen LogP contribution in [-0.4, -0.2) is 18.4 Å². The molecule has 4 nitrogen and oxygen atoms in total. The van der Waals surface area contributed by atoms with Crippen LogP contribution in [0.1, 0.15) is 24.5 Å². The van der Waals surface area contributed by atoms with Gasteiger partial charge in [-0.1, -0.05) is 25.1 Å². The lowest BCUT2D eigenvalue weighted by Crippen LogP contribution is -2.34. The number of aryl methyl sites for hydroxylation is 2. The van der Waals surface area contributed by atoms with Crippen LogP contribution >= 0.6 is 0 Å². The van der Waals surface area contributed by atoms with Crippen LogP contribution in [0.15, 0.2) is 18.2 Å². The molecule has 0 aliphatic heterocycles. The van der Waals surface area contributed by atoms with Crippen molar-refractivity contribution in [1.29, 1.82) is 0 Å². The van der Waals surface area contributed by atoms with E-state index in [1.807, 2.05) is 39.0 Å². The molecule has 1 saturated carbocycles. The van der Waals surface area contributed by atoms with Crippen molar-refractivity contribution in [3.63, 3.8) is 0 Å². The lowest BCUT2D eigenvalue weighted by atomic mass is 10.1. The SMILES string of the molecule is Cc1cccc(C)c1NC(=O)CNC(=O)C1CC1C. The molecule has 2 N–H and O–H groups in total. The maximum absolute atomic E-state index is 11.8. The van der Waals surface area contributed by atoms with Crippen LogP contribution in [0.25, 0.3) is 0 Å². The third-order valence-electron chi connectivity index (χ3n) is 3.61. The molecular formula is C15H20N2O2. The summed E-state index contributed by atoms with van der Waals surface area (Å²) in [5.41, 5.74) is 2.88. The molecule has 0 bridgehead atoms. The van der Waals surface area contributed by atoms with Gasteiger partial charge in [0.1, 0.15) is 0 Å². The van der Waals surface area contributed by atoms with Crippen molar-refractivity contribution >= 4 is 17.5 Å². The number of amides is 2. The Labute approximate surface area is 113 Å². The van der Waals surface area contributed by atoms with Gasteiger partial charge in [-0.25, -0.2) is 0 Å². The van der Waals surface area contributed by atoms with E-state index in [1.54, 1.807) is 0 Å². The number of hydrogen-bond donors (Lipinski definition) is 2. The van der Waals surface area contributed by atoms with Crippen LogP contribution in [0.2, 0.25) is 0 Å². The van der Waals surface area contributed by atoms with Crippen molar-refractivity contribution in [1.82, 2.24) is 5.32 Å². The van der Waals surface area contributed by atoms with Gasteiger partial charge in [0, 0.05) is 11.6 Å². The van der Waals surface area contributed by atoms with E-state index < -0.39 is 0 Å². The van der Waals surface area contributed by atoms with Gasteiger partial charge < -0.3 is 10.6 Å². The smallest absolute Gasteiger partial charge is 0.243 e. The Hall–Kier alpha value is -1.84. The Bertz CT molecular complexity index is 491. The van der Waals surface area contributed by atoms with Crippen molar-refractivity contribution in [3.05, 3.63) is 29.3 Å². The summed E-state index contributed by atoms with van der Waals surface area (Å²) in [5.74, 6) is 0.373. The molecule has 4 heteroatoms. The topological polar surface area (TPSA) is 58.2 Å². The number of rotatable bonds is 4. The molecule has 2 rings (SSSR count). The fourth-order valence-corrected chi connectivity index (χ4v) is 2.18. The van der Waals surface area contributed by atoms with Gasteiger partial charge >= 0.3 is 0 Å². The number of nitrogens with one attached hydrogen (secondary N) is 2. The molecule has 19 heavy (non-hydrogen) atoms. The van der Waals surface area contributed by atoms with E-state index in [4.69, 9.17) is 0 Å². The van der Waals surface area contributed by atoms with Gasteiger partial charge in [0.2, 0.25) is 11.8 Å². The summed E-state index contributed by atoms with van der Waals surface area (Å²) in [6.07, 6.45) is 0.935. The fourth-order valence-electron chi connectivity index (χ4n) is 2.18. The first-order valence-corrected chi connectivity index (χ1v) is 6.63. The molecule has 1 aromatic rings. The van der Waals surface area contributed by atoms with Crippen LogP contribution in [0.3, 0.4) is 0 Å². The highest BCUT2D eigenvalue weighted by Crippen LogP contribution is 2.37. The van der Waals surface area contributed by atoms with Crippen molar-refractivity contribution in [3.8, 4) is 0 Å². The average molecular weight is 260 g/mol. The largest absolute Gasteiger partial charge is 0.347 e. The zero-order chi connectivity index (χ0) is 14.0. The second-order valence-corrected chi connectivity index (χ2v) is 5.35. The molecule has 1 aliphatic rings. The molecule has 0 aromatic heterocycles. The van der Waals surface area contributed by atoms with Crippen molar-refractivity contribution in [2.75, 3.05) is 11.9 Å². The minimum Gasteiger partial charge on any atom is -0.347 e. The molecule has 2 unspecified atom stereocenters. The van der Waals surface area contributed by atoms with Crippen LogP contribution in [0, 0.1) is 25.7 Å².